The van der Waals surface area contributed by atoms with Gasteiger partial charge in [0.15, 0.2) is 11.6 Å². The van der Waals surface area contributed by atoms with Crippen LogP contribution in [0.15, 0.2) is 36.8 Å². The monoisotopic (exact) mass is 433 g/mol. The Morgan fingerprint density at radius 3 is 2.79 bits per heavy atom. The summed E-state index contributed by atoms with van der Waals surface area (Å²) >= 11 is 12.3. The van der Waals surface area contributed by atoms with Crippen molar-refractivity contribution in [2.45, 2.75) is 25.1 Å². The summed E-state index contributed by atoms with van der Waals surface area (Å²) in [5, 5.41) is 11.3. The van der Waals surface area contributed by atoms with Crippen molar-refractivity contribution in [3.63, 3.8) is 0 Å². The average molecular weight is 434 g/mol. The lowest BCUT2D eigenvalue weighted by Gasteiger charge is -2.22. The highest BCUT2D eigenvalue weighted by Crippen LogP contribution is 2.43. The predicted octanol–water partition coefficient (Wildman–Crippen LogP) is 4.82. The second-order valence-electron chi connectivity index (χ2n) is 7.16. The van der Waals surface area contributed by atoms with E-state index in [1.165, 1.54) is 12.1 Å². The molecule has 0 amide bonds. The number of aromatic nitrogens is 3. The van der Waals surface area contributed by atoms with E-state index in [1.54, 1.807) is 6.20 Å². The molecule has 150 valence electrons. The minimum atomic E-state index is -0.707. The van der Waals surface area contributed by atoms with Crippen molar-refractivity contribution in [2.75, 3.05) is 18.4 Å². The summed E-state index contributed by atoms with van der Waals surface area (Å²) in [5.74, 6) is 0.561. The van der Waals surface area contributed by atoms with Crippen LogP contribution in [0.3, 0.4) is 0 Å². The maximum atomic E-state index is 13.9. The van der Waals surface area contributed by atoms with Crippen molar-refractivity contribution in [1.29, 1.82) is 0 Å². The van der Waals surface area contributed by atoms with E-state index in [1.807, 2.05) is 23.1 Å². The van der Waals surface area contributed by atoms with E-state index in [2.05, 4.69) is 20.7 Å². The molecule has 1 saturated heterocycles. The molecule has 29 heavy (non-hydrogen) atoms. The molecule has 1 atom stereocenters. The van der Waals surface area contributed by atoms with Gasteiger partial charge < -0.3 is 15.4 Å². The molecule has 2 aromatic heterocycles. The summed E-state index contributed by atoms with van der Waals surface area (Å²) in [7, 11) is 0. The Hall–Kier alpha value is -2.35. The third-order valence-corrected chi connectivity index (χ3v) is 6.04. The number of nitrogens with one attached hydrogen (secondary N) is 2. The summed E-state index contributed by atoms with van der Waals surface area (Å²) in [4.78, 5) is 4.45. The Balaban J connectivity index is 1.40. The van der Waals surface area contributed by atoms with Gasteiger partial charge in [0, 0.05) is 23.5 Å². The average Bonchev–Trinajstić information content (AvgIpc) is 3.38. The fourth-order valence-corrected chi connectivity index (χ4v) is 4.32. The number of hydrogen-bond donors (Lipinski definition) is 2. The molecular formula is C20H18Cl2FN5O. The molecule has 2 aliphatic rings. The molecule has 4 heterocycles. The minimum Gasteiger partial charge on any atom is -0.462 e. The van der Waals surface area contributed by atoms with Gasteiger partial charge in [-0.1, -0.05) is 23.2 Å². The summed E-state index contributed by atoms with van der Waals surface area (Å²) in [6, 6.07) is 4.99. The summed E-state index contributed by atoms with van der Waals surface area (Å²) < 4.78 is 21.9. The summed E-state index contributed by atoms with van der Waals surface area (Å²) in [6.45, 7) is 2.01. The van der Waals surface area contributed by atoms with Crippen molar-refractivity contribution in [3.05, 3.63) is 58.2 Å². The number of fused-ring (bicyclic) bond motifs is 1. The molecule has 0 bridgehead atoms. The fraction of sp³-hybridized carbons (Fsp3) is 0.300. The molecule has 2 N–H and O–H groups in total. The third kappa shape index (κ3) is 3.43. The zero-order chi connectivity index (χ0) is 20.0. The Morgan fingerprint density at radius 2 is 1.97 bits per heavy atom. The molecule has 9 heteroatoms. The molecular weight excluding hydrogens is 416 g/mol. The van der Waals surface area contributed by atoms with Gasteiger partial charge in [0.1, 0.15) is 5.82 Å². The number of pyridine rings is 1. The van der Waals surface area contributed by atoms with Crippen molar-refractivity contribution in [1.82, 2.24) is 20.1 Å². The number of anilines is 1. The SMILES string of the molecule is Fc1ccc(Cl)c(C2Nc3ncc(-c4cnn(C5CCNCC5)c4)cc3O2)c1Cl. The Morgan fingerprint density at radius 1 is 1.14 bits per heavy atom. The second-order valence-corrected chi connectivity index (χ2v) is 7.95. The molecule has 1 fully saturated rings. The largest absolute Gasteiger partial charge is 0.462 e. The Bertz CT molecular complexity index is 1070. The zero-order valence-corrected chi connectivity index (χ0v) is 16.8. The van der Waals surface area contributed by atoms with Gasteiger partial charge in [0.25, 0.3) is 0 Å². The van der Waals surface area contributed by atoms with E-state index < -0.39 is 12.0 Å². The lowest BCUT2D eigenvalue weighted by Crippen LogP contribution is -2.29. The molecule has 0 saturated carbocycles. The standard InChI is InChI=1S/C20H18Cl2FN5O/c21-14-1-2-15(23)18(22)17(14)20-27-19-16(29-20)7-11(8-25-19)12-9-26-28(10-12)13-3-5-24-6-4-13/h1-2,7-10,13,20,24H,3-6H2,(H,25,27). The predicted molar refractivity (Wildman–Crippen MR) is 110 cm³/mol. The van der Waals surface area contributed by atoms with E-state index in [0.717, 1.165) is 37.1 Å². The van der Waals surface area contributed by atoms with Gasteiger partial charge in [-0.05, 0) is 44.1 Å². The quantitative estimate of drug-likeness (QED) is 0.579. The summed E-state index contributed by atoms with van der Waals surface area (Å²) in [6.07, 6.45) is 7.06. The van der Waals surface area contributed by atoms with E-state index in [-0.39, 0.29) is 5.02 Å². The highest BCUT2D eigenvalue weighted by atomic mass is 35.5. The van der Waals surface area contributed by atoms with Crippen LogP contribution in [-0.4, -0.2) is 27.9 Å². The normalized spacial score (nSPS) is 18.9. The van der Waals surface area contributed by atoms with Crippen LogP contribution in [0.5, 0.6) is 5.75 Å². The number of rotatable bonds is 3. The first-order valence-corrected chi connectivity index (χ1v) is 10.2. The molecule has 0 radical (unpaired) electrons. The first-order valence-electron chi connectivity index (χ1n) is 9.42. The van der Waals surface area contributed by atoms with Crippen molar-refractivity contribution in [3.8, 4) is 16.9 Å². The highest BCUT2D eigenvalue weighted by Gasteiger charge is 2.30. The number of ether oxygens (including phenoxy) is 1. The van der Waals surface area contributed by atoms with Crippen LogP contribution >= 0.6 is 23.2 Å². The fourth-order valence-electron chi connectivity index (χ4n) is 3.75. The molecule has 1 unspecified atom stereocenters. The lowest BCUT2D eigenvalue weighted by molar-refractivity contribution is 0.259. The smallest absolute Gasteiger partial charge is 0.200 e. The van der Waals surface area contributed by atoms with Gasteiger partial charge in [-0.2, -0.15) is 5.10 Å². The molecule has 3 aromatic rings. The molecule has 2 aliphatic heterocycles. The topological polar surface area (TPSA) is 64.0 Å². The van der Waals surface area contributed by atoms with Crippen LogP contribution in [0.1, 0.15) is 30.7 Å². The van der Waals surface area contributed by atoms with E-state index >= 15 is 0 Å². The summed E-state index contributed by atoms with van der Waals surface area (Å²) in [5.41, 5.74) is 2.21. The van der Waals surface area contributed by atoms with E-state index in [9.17, 15) is 4.39 Å². The number of benzene rings is 1. The van der Waals surface area contributed by atoms with Gasteiger partial charge in [-0.15, -0.1) is 0 Å². The van der Waals surface area contributed by atoms with Crippen LogP contribution in [-0.2, 0) is 0 Å². The van der Waals surface area contributed by atoms with Crippen LogP contribution in [0, 0.1) is 5.82 Å². The maximum Gasteiger partial charge on any atom is 0.200 e. The van der Waals surface area contributed by atoms with Gasteiger partial charge in [-0.3, -0.25) is 4.68 Å². The van der Waals surface area contributed by atoms with Crippen molar-refractivity contribution in [2.24, 2.45) is 0 Å². The molecule has 1 aromatic carbocycles. The molecule has 6 nitrogen and oxygen atoms in total. The first kappa shape index (κ1) is 18.7. The van der Waals surface area contributed by atoms with Gasteiger partial charge in [-0.25, -0.2) is 9.37 Å². The third-order valence-electron chi connectivity index (χ3n) is 5.32. The van der Waals surface area contributed by atoms with Crippen LogP contribution in [0.25, 0.3) is 11.1 Å². The molecule has 0 aliphatic carbocycles. The first-order chi connectivity index (χ1) is 14.1. The van der Waals surface area contributed by atoms with Crippen LogP contribution in [0.4, 0.5) is 10.2 Å². The van der Waals surface area contributed by atoms with E-state index in [0.29, 0.717) is 28.2 Å². The number of piperidine rings is 1. The van der Waals surface area contributed by atoms with Gasteiger partial charge in [0.05, 0.1) is 27.8 Å². The maximum absolute atomic E-state index is 13.9. The van der Waals surface area contributed by atoms with Gasteiger partial charge >= 0.3 is 0 Å². The van der Waals surface area contributed by atoms with E-state index in [4.69, 9.17) is 27.9 Å². The molecule has 0 spiro atoms. The number of halogens is 3. The van der Waals surface area contributed by atoms with Crippen LogP contribution < -0.4 is 15.4 Å². The highest BCUT2D eigenvalue weighted by molar-refractivity contribution is 6.36. The number of hydrogen-bond acceptors (Lipinski definition) is 5. The number of nitrogens with zero attached hydrogens (tertiary/aromatic N) is 3. The Labute approximate surface area is 177 Å². The molecule has 5 rings (SSSR count). The van der Waals surface area contributed by atoms with Crippen LogP contribution in [0.2, 0.25) is 10.0 Å². The van der Waals surface area contributed by atoms with Crippen molar-refractivity contribution >= 4 is 29.0 Å². The second kappa shape index (κ2) is 7.48. The minimum absolute atomic E-state index is 0.0636. The lowest BCUT2D eigenvalue weighted by atomic mass is 10.1. The van der Waals surface area contributed by atoms with Crippen molar-refractivity contribution < 1.29 is 9.13 Å². The Kier molecular flexibility index (Phi) is 4.81. The van der Waals surface area contributed by atoms with Gasteiger partial charge in [0.2, 0.25) is 6.23 Å². The zero-order valence-electron chi connectivity index (χ0n) is 15.3.